The molecule has 6 nitrogen and oxygen atoms in total. The zero-order valence-corrected chi connectivity index (χ0v) is 19.0. The summed E-state index contributed by atoms with van der Waals surface area (Å²) in [6.45, 7) is 3.38. The second-order valence-corrected chi connectivity index (χ2v) is 11.9. The van der Waals surface area contributed by atoms with E-state index in [0.717, 1.165) is 12.2 Å². The van der Waals surface area contributed by atoms with Crippen LogP contribution in [0.4, 0.5) is 24.2 Å². The average molecular weight is 498 g/mol. The number of allylic oxidation sites excluding steroid dienone is 5. The van der Waals surface area contributed by atoms with Crippen molar-refractivity contribution >= 4 is 22.2 Å². The van der Waals surface area contributed by atoms with Crippen molar-refractivity contribution < 1.29 is 33.8 Å². The van der Waals surface area contributed by atoms with Crippen LogP contribution in [-0.4, -0.2) is 66.7 Å². The highest BCUT2D eigenvalue weighted by Crippen LogP contribution is 3.02. The van der Waals surface area contributed by atoms with Crippen molar-refractivity contribution in [1.82, 2.24) is 15.1 Å². The van der Waals surface area contributed by atoms with Crippen LogP contribution in [0.3, 0.4) is 0 Å². The van der Waals surface area contributed by atoms with E-state index in [9.17, 15) is 29.0 Å². The van der Waals surface area contributed by atoms with E-state index in [1.165, 1.54) is 13.0 Å². The summed E-state index contributed by atoms with van der Waals surface area (Å²) >= 11 is 0. The molecule has 0 unspecified atom stereocenters. The summed E-state index contributed by atoms with van der Waals surface area (Å²) in [7, 11) is -9.72. The quantitative estimate of drug-likeness (QED) is 0.452. The molecule has 12 heteroatoms. The summed E-state index contributed by atoms with van der Waals surface area (Å²) in [5.41, 5.74) is -0.0545. The van der Waals surface area contributed by atoms with Gasteiger partial charge in [-0.25, -0.2) is 4.79 Å². The molecule has 1 aliphatic carbocycles. The van der Waals surface area contributed by atoms with Gasteiger partial charge in [-0.3, -0.25) is 4.79 Å². The van der Waals surface area contributed by atoms with Crippen LogP contribution in [0.1, 0.15) is 26.2 Å². The molecule has 3 amide bonds. The Balaban J connectivity index is 1.26. The van der Waals surface area contributed by atoms with Gasteiger partial charge in [0.2, 0.25) is 5.91 Å². The zero-order chi connectivity index (χ0) is 24.1. The van der Waals surface area contributed by atoms with Gasteiger partial charge in [-0.2, -0.15) is 0 Å². The molecule has 4 fully saturated rings. The Hall–Kier alpha value is -2.08. The number of urea groups is 1. The highest BCUT2D eigenvalue weighted by molar-refractivity contribution is 8.48. The van der Waals surface area contributed by atoms with Gasteiger partial charge in [0.1, 0.15) is 11.5 Å². The lowest BCUT2D eigenvalue weighted by Crippen LogP contribution is -2.68. The molecule has 1 N–H and O–H groups in total. The summed E-state index contributed by atoms with van der Waals surface area (Å²) in [5.74, 6) is -0.190. The summed E-state index contributed by atoms with van der Waals surface area (Å²) in [6, 6.07) is -0.295. The van der Waals surface area contributed by atoms with Gasteiger partial charge in [-0.1, -0.05) is 37.7 Å². The number of nitrogens with one attached hydrogen (secondary N) is 1. The van der Waals surface area contributed by atoms with Crippen molar-refractivity contribution in [2.75, 3.05) is 32.8 Å². The van der Waals surface area contributed by atoms with Crippen LogP contribution in [0.15, 0.2) is 35.3 Å². The molecule has 33 heavy (non-hydrogen) atoms. The van der Waals surface area contributed by atoms with Crippen molar-refractivity contribution in [3.8, 4) is 0 Å². The fourth-order valence-electron chi connectivity index (χ4n) is 5.20. The normalized spacial score (nSPS) is 30.5. The maximum absolute atomic E-state index is 13.0. The first-order valence-electron chi connectivity index (χ1n) is 10.9. The Bertz CT molecular complexity index is 920. The number of amides is 3. The highest BCUT2D eigenvalue weighted by Gasteiger charge is 2.66. The van der Waals surface area contributed by atoms with E-state index < -0.39 is 15.1 Å². The lowest BCUT2D eigenvalue weighted by atomic mass is 9.58. The van der Waals surface area contributed by atoms with Crippen LogP contribution in [0.25, 0.3) is 0 Å². The number of halogens is 5. The number of morpholine rings is 1. The molecule has 3 saturated heterocycles. The molecule has 4 rings (SSSR count). The van der Waals surface area contributed by atoms with E-state index in [0.29, 0.717) is 57.6 Å². The minimum absolute atomic E-state index is 0.00535. The lowest BCUT2D eigenvalue weighted by Gasteiger charge is -2.59. The third-order valence-electron chi connectivity index (χ3n) is 6.73. The first kappa shape index (κ1) is 24.1. The van der Waals surface area contributed by atoms with E-state index in [4.69, 9.17) is 4.74 Å². The van der Waals surface area contributed by atoms with Crippen LogP contribution in [0, 0.1) is 11.3 Å². The molecule has 4 aliphatic rings. The Morgan fingerprint density at radius 3 is 2.52 bits per heavy atom. The zero-order valence-electron chi connectivity index (χ0n) is 18.2. The van der Waals surface area contributed by atoms with E-state index in [2.05, 4.69) is 5.32 Å². The predicted molar refractivity (Wildman–Crippen MR) is 115 cm³/mol. The van der Waals surface area contributed by atoms with Crippen LogP contribution >= 0.6 is 10.2 Å². The van der Waals surface area contributed by atoms with Crippen LogP contribution in [-0.2, 0) is 9.53 Å². The lowest BCUT2D eigenvalue weighted by molar-refractivity contribution is -0.140. The maximum atomic E-state index is 13.0. The Labute approximate surface area is 189 Å². The van der Waals surface area contributed by atoms with Gasteiger partial charge in [0.05, 0.1) is 12.1 Å². The van der Waals surface area contributed by atoms with Crippen molar-refractivity contribution in [2.24, 2.45) is 11.3 Å². The van der Waals surface area contributed by atoms with Crippen molar-refractivity contribution in [2.45, 2.75) is 38.3 Å². The molecule has 2 atom stereocenters. The Kier molecular flexibility index (Phi) is 5.44. The molecule has 1 saturated carbocycles. The molecular weight excluding hydrogens is 469 g/mol. The monoisotopic (exact) mass is 497 g/mol. The van der Waals surface area contributed by atoms with E-state index in [1.54, 1.807) is 9.80 Å². The maximum Gasteiger partial charge on any atom is 0.320 e. The average Bonchev–Trinajstić information content (AvgIpc) is 2.64. The van der Waals surface area contributed by atoms with Crippen molar-refractivity contribution in [1.29, 1.82) is 0 Å². The van der Waals surface area contributed by atoms with E-state index in [1.807, 2.05) is 0 Å². The van der Waals surface area contributed by atoms with Crippen LogP contribution < -0.4 is 5.32 Å². The van der Waals surface area contributed by atoms with Crippen molar-refractivity contribution in [3.05, 3.63) is 35.3 Å². The molecule has 3 aliphatic heterocycles. The summed E-state index contributed by atoms with van der Waals surface area (Å²) < 4.78 is 70.7. The van der Waals surface area contributed by atoms with Gasteiger partial charge in [-0.05, 0) is 44.3 Å². The number of carbonyl (C=O) groups excluding carboxylic acids is 2. The van der Waals surface area contributed by atoms with Crippen molar-refractivity contribution in [3.63, 3.8) is 0 Å². The van der Waals surface area contributed by atoms with Gasteiger partial charge in [0.15, 0.2) is 0 Å². The van der Waals surface area contributed by atoms with Gasteiger partial charge >= 0.3 is 16.3 Å². The highest BCUT2D eigenvalue weighted by atomic mass is 32.5. The van der Waals surface area contributed by atoms with E-state index in [-0.39, 0.29) is 42.0 Å². The SMILES string of the molecule is C\C=C/C(=C\C=C\C1CC2(C1)CN(C(=O)N1CC[C@@H]3OCC(=O)N[C@@H]3C1)C2)S(F)(F)(F)(F)F. The fourth-order valence-corrected chi connectivity index (χ4v) is 5.93. The number of hydrogen-bond acceptors (Lipinski definition) is 3. The third-order valence-corrected chi connectivity index (χ3v) is 7.89. The first-order chi connectivity index (χ1) is 15.2. The number of carbonyl (C=O) groups is 2. The molecule has 3 heterocycles. The molecule has 0 aromatic carbocycles. The molecular formula is C21H28F5N3O3S. The van der Waals surface area contributed by atoms with Gasteiger partial charge in [0, 0.05) is 31.6 Å². The molecule has 0 radical (unpaired) electrons. The van der Waals surface area contributed by atoms with E-state index >= 15 is 0 Å². The fraction of sp³-hybridized carbons (Fsp3) is 0.619. The number of fused-ring (bicyclic) bond motifs is 1. The Morgan fingerprint density at radius 2 is 1.88 bits per heavy atom. The van der Waals surface area contributed by atoms with Gasteiger partial charge in [0.25, 0.3) is 0 Å². The summed E-state index contributed by atoms with van der Waals surface area (Å²) in [5, 5.41) is 2.86. The molecule has 0 aromatic heterocycles. The number of piperidine rings is 1. The molecule has 0 bridgehead atoms. The smallest absolute Gasteiger partial charge is 0.320 e. The molecule has 186 valence electrons. The standard InChI is InChI=1S/C21H28F5N3O3S/c1-2-4-16(33(22,23,24,25)26)6-3-5-15-9-21(10-15)13-29(14-21)20(31)28-8-7-18-17(11-28)27-19(30)12-32-18/h2-6,15,17-18H,7-14H2,1H3,(H,27,30)/b4-2-,5-3+,16-6+/t17-,18+/m1/s1. The molecule has 1 spiro atoms. The number of ether oxygens (including phenoxy) is 1. The van der Waals surface area contributed by atoms with Crippen LogP contribution in [0.5, 0.6) is 0 Å². The number of nitrogens with zero attached hydrogens (tertiary/aromatic N) is 2. The topological polar surface area (TPSA) is 61.9 Å². The second kappa shape index (κ2) is 7.46. The number of likely N-dealkylation sites (tertiary alicyclic amines) is 2. The largest absolute Gasteiger partial charge is 0.366 e. The third kappa shape index (κ3) is 5.21. The first-order valence-corrected chi connectivity index (χ1v) is 12.8. The second-order valence-electron chi connectivity index (χ2n) is 9.49. The summed E-state index contributed by atoms with van der Waals surface area (Å²) in [4.78, 5) is 25.9. The van der Waals surface area contributed by atoms with Crippen LogP contribution in [0.2, 0.25) is 0 Å². The Morgan fingerprint density at radius 1 is 1.18 bits per heavy atom. The molecule has 0 aromatic rings. The summed E-state index contributed by atoms with van der Waals surface area (Å²) in [6.07, 6.45) is 6.32. The minimum atomic E-state index is -9.72. The number of rotatable bonds is 4. The predicted octanol–water partition coefficient (Wildman–Crippen LogP) is 4.72. The number of hydrogen-bond donors (Lipinski definition) is 1. The van der Waals surface area contributed by atoms with Gasteiger partial charge < -0.3 is 19.9 Å². The van der Waals surface area contributed by atoms with Gasteiger partial charge in [-0.15, -0.1) is 0 Å². The minimum Gasteiger partial charge on any atom is -0.366 e.